The summed E-state index contributed by atoms with van der Waals surface area (Å²) in [5, 5.41) is 19.6. The summed E-state index contributed by atoms with van der Waals surface area (Å²) < 4.78 is 15.1. The highest BCUT2D eigenvalue weighted by Crippen LogP contribution is 2.34. The van der Waals surface area contributed by atoms with Crippen LogP contribution >= 0.6 is 0 Å². The molecule has 1 aromatic carbocycles. The minimum Gasteiger partial charge on any atom is -0.493 e. The van der Waals surface area contributed by atoms with Gasteiger partial charge >= 0.3 is 0 Å². The highest BCUT2D eigenvalue weighted by molar-refractivity contribution is 5.58. The summed E-state index contributed by atoms with van der Waals surface area (Å²) >= 11 is 0. The first-order valence-electron chi connectivity index (χ1n) is 5.02. The lowest BCUT2D eigenvalue weighted by Gasteiger charge is -2.10. The highest BCUT2D eigenvalue weighted by atomic mass is 16.6. The first-order chi connectivity index (χ1) is 8.63. The standard InChI is InChI=1S/C11H12N2O5/c1-16-3-4-18-11-6-9(13(14)15)8(7-12)5-10(11)17-2/h5-6H,3-4H2,1-2H3. The van der Waals surface area contributed by atoms with Crippen LogP contribution in [0, 0.1) is 21.4 Å². The van der Waals surface area contributed by atoms with Crippen LogP contribution in [0.15, 0.2) is 12.1 Å². The average molecular weight is 252 g/mol. The molecule has 7 heteroatoms. The fraction of sp³-hybridized carbons (Fsp3) is 0.364. The van der Waals surface area contributed by atoms with Crippen molar-refractivity contribution in [2.24, 2.45) is 0 Å². The van der Waals surface area contributed by atoms with Gasteiger partial charge in [0.1, 0.15) is 18.2 Å². The zero-order valence-electron chi connectivity index (χ0n) is 10.0. The molecule has 0 amide bonds. The molecule has 7 nitrogen and oxygen atoms in total. The van der Waals surface area contributed by atoms with Gasteiger partial charge in [0, 0.05) is 13.2 Å². The smallest absolute Gasteiger partial charge is 0.291 e. The molecule has 1 aromatic rings. The molecule has 0 spiro atoms. The van der Waals surface area contributed by atoms with Crippen LogP contribution in [-0.4, -0.2) is 32.4 Å². The van der Waals surface area contributed by atoms with Gasteiger partial charge in [0.25, 0.3) is 5.69 Å². The van der Waals surface area contributed by atoms with Crippen molar-refractivity contribution in [3.8, 4) is 17.6 Å². The molecule has 96 valence electrons. The van der Waals surface area contributed by atoms with Crippen molar-refractivity contribution in [2.45, 2.75) is 0 Å². The van der Waals surface area contributed by atoms with E-state index in [1.807, 2.05) is 0 Å². The van der Waals surface area contributed by atoms with Crippen molar-refractivity contribution >= 4 is 5.69 Å². The predicted molar refractivity (Wildman–Crippen MR) is 61.7 cm³/mol. The molecule has 0 heterocycles. The number of rotatable bonds is 6. The molecular formula is C11H12N2O5. The number of hydrogen-bond donors (Lipinski definition) is 0. The van der Waals surface area contributed by atoms with Crippen molar-refractivity contribution in [1.29, 1.82) is 5.26 Å². The van der Waals surface area contributed by atoms with Gasteiger partial charge in [-0.05, 0) is 0 Å². The van der Waals surface area contributed by atoms with E-state index in [4.69, 9.17) is 19.5 Å². The van der Waals surface area contributed by atoms with Crippen molar-refractivity contribution in [3.63, 3.8) is 0 Å². The second-order valence-electron chi connectivity index (χ2n) is 3.23. The summed E-state index contributed by atoms with van der Waals surface area (Å²) in [6, 6.07) is 4.20. The number of hydrogen-bond acceptors (Lipinski definition) is 6. The number of nitro groups is 1. The molecular weight excluding hydrogens is 240 g/mol. The van der Waals surface area contributed by atoms with Gasteiger partial charge in [-0.15, -0.1) is 0 Å². The van der Waals surface area contributed by atoms with Crippen molar-refractivity contribution < 1.29 is 19.1 Å². The van der Waals surface area contributed by atoms with Gasteiger partial charge in [0.05, 0.1) is 24.7 Å². The van der Waals surface area contributed by atoms with Crippen LogP contribution in [0.3, 0.4) is 0 Å². The fourth-order valence-electron chi connectivity index (χ4n) is 1.30. The summed E-state index contributed by atoms with van der Waals surface area (Å²) in [6.07, 6.45) is 0. The van der Waals surface area contributed by atoms with Crippen LogP contribution in [0.4, 0.5) is 5.69 Å². The van der Waals surface area contributed by atoms with E-state index in [0.717, 1.165) is 0 Å². The third-order valence-corrected chi connectivity index (χ3v) is 2.14. The summed E-state index contributed by atoms with van der Waals surface area (Å²) in [5.74, 6) is 0.480. The summed E-state index contributed by atoms with van der Waals surface area (Å²) in [4.78, 5) is 10.2. The molecule has 0 saturated heterocycles. The number of nitriles is 1. The van der Waals surface area contributed by atoms with Crippen molar-refractivity contribution in [2.75, 3.05) is 27.4 Å². The fourth-order valence-corrected chi connectivity index (χ4v) is 1.30. The Morgan fingerprint density at radius 1 is 1.33 bits per heavy atom. The Morgan fingerprint density at radius 2 is 2.06 bits per heavy atom. The average Bonchev–Trinajstić information content (AvgIpc) is 2.38. The van der Waals surface area contributed by atoms with Crippen LogP contribution in [0.25, 0.3) is 0 Å². The second kappa shape index (κ2) is 6.42. The molecule has 0 saturated carbocycles. The van der Waals surface area contributed by atoms with Crippen LogP contribution in [-0.2, 0) is 4.74 Å². The molecule has 0 fully saturated rings. The zero-order valence-corrected chi connectivity index (χ0v) is 10.0. The molecule has 1 rings (SSSR count). The van der Waals surface area contributed by atoms with E-state index in [-0.39, 0.29) is 29.4 Å². The Balaban J connectivity index is 3.12. The Morgan fingerprint density at radius 3 is 2.56 bits per heavy atom. The van der Waals surface area contributed by atoms with Crippen molar-refractivity contribution in [3.05, 3.63) is 27.8 Å². The number of methoxy groups -OCH3 is 2. The normalized spacial score (nSPS) is 9.61. The van der Waals surface area contributed by atoms with Crippen molar-refractivity contribution in [1.82, 2.24) is 0 Å². The molecule has 0 unspecified atom stereocenters. The van der Waals surface area contributed by atoms with Crippen LogP contribution in [0.5, 0.6) is 11.5 Å². The minimum absolute atomic E-state index is 0.0732. The lowest BCUT2D eigenvalue weighted by molar-refractivity contribution is -0.385. The second-order valence-corrected chi connectivity index (χ2v) is 3.23. The first kappa shape index (κ1) is 13.7. The van der Waals surface area contributed by atoms with Gasteiger partial charge in [-0.25, -0.2) is 0 Å². The summed E-state index contributed by atoms with van der Waals surface area (Å²) in [5.41, 5.74) is -0.387. The van der Waals surface area contributed by atoms with E-state index >= 15 is 0 Å². The first-order valence-corrected chi connectivity index (χ1v) is 5.02. The van der Waals surface area contributed by atoms with Gasteiger partial charge in [-0.3, -0.25) is 10.1 Å². The Hall–Kier alpha value is -2.33. The summed E-state index contributed by atoms with van der Waals surface area (Å²) in [7, 11) is 2.91. The molecule has 0 atom stereocenters. The maximum atomic E-state index is 10.8. The van der Waals surface area contributed by atoms with E-state index in [0.29, 0.717) is 6.61 Å². The quantitative estimate of drug-likeness (QED) is 0.432. The molecule has 18 heavy (non-hydrogen) atoms. The molecule has 0 N–H and O–H groups in total. The number of ether oxygens (including phenoxy) is 3. The van der Waals surface area contributed by atoms with Crippen LogP contribution in [0.1, 0.15) is 5.56 Å². The zero-order chi connectivity index (χ0) is 13.5. The third-order valence-electron chi connectivity index (χ3n) is 2.14. The number of nitro benzene ring substituents is 1. The Bertz CT molecular complexity index is 481. The number of nitrogens with zero attached hydrogens (tertiary/aromatic N) is 2. The maximum Gasteiger partial charge on any atom is 0.291 e. The van der Waals surface area contributed by atoms with Gasteiger partial charge in [-0.1, -0.05) is 0 Å². The van der Waals surface area contributed by atoms with Crippen LogP contribution in [0.2, 0.25) is 0 Å². The lowest BCUT2D eigenvalue weighted by atomic mass is 10.1. The summed E-state index contributed by atoms with van der Waals surface area (Å²) in [6.45, 7) is 0.576. The van der Waals surface area contributed by atoms with E-state index in [2.05, 4.69) is 0 Å². The largest absolute Gasteiger partial charge is 0.493 e. The minimum atomic E-state index is -0.638. The van der Waals surface area contributed by atoms with Crippen LogP contribution < -0.4 is 9.47 Å². The molecule has 0 aliphatic carbocycles. The Kier molecular flexibility index (Phi) is 4.90. The van der Waals surface area contributed by atoms with E-state index in [9.17, 15) is 10.1 Å². The highest BCUT2D eigenvalue weighted by Gasteiger charge is 2.19. The van der Waals surface area contributed by atoms with E-state index in [1.54, 1.807) is 6.07 Å². The molecule has 0 aromatic heterocycles. The van der Waals surface area contributed by atoms with Gasteiger partial charge < -0.3 is 14.2 Å². The third kappa shape index (κ3) is 3.09. The Labute approximate surface area is 104 Å². The number of benzene rings is 1. The SMILES string of the molecule is COCCOc1cc([N+](=O)[O-])c(C#N)cc1OC. The monoisotopic (exact) mass is 252 g/mol. The van der Waals surface area contributed by atoms with E-state index in [1.165, 1.54) is 26.4 Å². The topological polar surface area (TPSA) is 94.6 Å². The molecule has 0 radical (unpaired) electrons. The van der Waals surface area contributed by atoms with E-state index < -0.39 is 4.92 Å². The molecule has 0 aliphatic rings. The predicted octanol–water partition coefficient (Wildman–Crippen LogP) is 1.50. The van der Waals surface area contributed by atoms with Gasteiger partial charge in [0.2, 0.25) is 0 Å². The van der Waals surface area contributed by atoms with Gasteiger partial charge in [-0.2, -0.15) is 5.26 Å². The molecule has 0 aliphatic heterocycles. The van der Waals surface area contributed by atoms with Gasteiger partial charge in [0.15, 0.2) is 11.5 Å². The maximum absolute atomic E-state index is 10.8. The molecule has 0 bridgehead atoms. The lowest BCUT2D eigenvalue weighted by Crippen LogP contribution is -2.06.